The van der Waals surface area contributed by atoms with Gasteiger partial charge in [0.15, 0.2) is 0 Å². The predicted molar refractivity (Wildman–Crippen MR) is 78.7 cm³/mol. The average Bonchev–Trinajstić information content (AvgIpc) is 2.90. The smallest absolute Gasteiger partial charge is 0.0509 e. The Morgan fingerprint density at radius 2 is 1.61 bits per heavy atom. The summed E-state index contributed by atoms with van der Waals surface area (Å²) in [5.41, 5.74) is 6.19. The van der Waals surface area contributed by atoms with Crippen molar-refractivity contribution in [2.24, 2.45) is 11.7 Å². The molecule has 18 heavy (non-hydrogen) atoms. The highest BCUT2D eigenvalue weighted by atomic mass is 16.5. The minimum Gasteiger partial charge on any atom is -0.381 e. The first-order chi connectivity index (χ1) is 8.84. The lowest BCUT2D eigenvalue weighted by atomic mass is 9.94. The predicted octanol–water partition coefficient (Wildman–Crippen LogP) is 4.27. The number of rotatable bonds is 11. The largest absolute Gasteiger partial charge is 0.381 e. The fourth-order valence-corrected chi connectivity index (χ4v) is 2.82. The normalized spacial score (nSPS) is 21.3. The fourth-order valence-electron chi connectivity index (χ4n) is 2.82. The average molecular weight is 255 g/mol. The topological polar surface area (TPSA) is 35.2 Å². The molecule has 0 aromatic carbocycles. The Morgan fingerprint density at radius 1 is 1.00 bits per heavy atom. The van der Waals surface area contributed by atoms with Crippen LogP contribution in [0.5, 0.6) is 0 Å². The lowest BCUT2D eigenvalue weighted by molar-refractivity contribution is 0.179. The van der Waals surface area contributed by atoms with Gasteiger partial charge < -0.3 is 10.5 Å². The molecule has 1 aliphatic heterocycles. The van der Waals surface area contributed by atoms with Gasteiger partial charge in [-0.25, -0.2) is 0 Å². The molecule has 1 rings (SSSR count). The Kier molecular flexibility index (Phi) is 9.59. The SMILES string of the molecule is CCCCCCCCCCCC(N)C1CCOC1. The second-order valence-corrected chi connectivity index (χ2v) is 5.90. The van der Waals surface area contributed by atoms with E-state index in [2.05, 4.69) is 6.92 Å². The van der Waals surface area contributed by atoms with Gasteiger partial charge in [-0.2, -0.15) is 0 Å². The molecule has 0 aliphatic carbocycles. The van der Waals surface area contributed by atoms with Crippen LogP contribution in [-0.4, -0.2) is 19.3 Å². The van der Waals surface area contributed by atoms with Crippen LogP contribution in [-0.2, 0) is 4.74 Å². The van der Waals surface area contributed by atoms with E-state index in [0.29, 0.717) is 12.0 Å². The minimum absolute atomic E-state index is 0.386. The van der Waals surface area contributed by atoms with E-state index in [9.17, 15) is 0 Å². The summed E-state index contributed by atoms with van der Waals surface area (Å²) in [5, 5.41) is 0. The molecule has 1 fully saturated rings. The molecule has 0 aromatic rings. The summed E-state index contributed by atoms with van der Waals surface area (Å²) >= 11 is 0. The van der Waals surface area contributed by atoms with Crippen LogP contribution in [0, 0.1) is 5.92 Å². The van der Waals surface area contributed by atoms with E-state index in [-0.39, 0.29) is 0 Å². The first kappa shape index (κ1) is 16.0. The lowest BCUT2D eigenvalue weighted by Gasteiger charge is -2.17. The van der Waals surface area contributed by atoms with Gasteiger partial charge in [0.05, 0.1) is 6.61 Å². The number of unbranched alkanes of at least 4 members (excludes halogenated alkanes) is 8. The highest BCUT2D eigenvalue weighted by Gasteiger charge is 2.21. The van der Waals surface area contributed by atoms with Crippen molar-refractivity contribution < 1.29 is 4.74 Å². The zero-order valence-electron chi connectivity index (χ0n) is 12.3. The molecule has 1 saturated heterocycles. The maximum Gasteiger partial charge on any atom is 0.0509 e. The third-order valence-electron chi connectivity index (χ3n) is 4.21. The number of nitrogens with two attached hydrogens (primary N) is 1. The number of ether oxygens (including phenoxy) is 1. The first-order valence-corrected chi connectivity index (χ1v) is 8.18. The van der Waals surface area contributed by atoms with Gasteiger partial charge in [-0.3, -0.25) is 0 Å². The minimum atomic E-state index is 0.386. The summed E-state index contributed by atoms with van der Waals surface area (Å²) in [6, 6.07) is 0.386. The molecule has 0 spiro atoms. The summed E-state index contributed by atoms with van der Waals surface area (Å²) in [7, 11) is 0. The quantitative estimate of drug-likeness (QED) is 0.560. The van der Waals surface area contributed by atoms with E-state index in [4.69, 9.17) is 10.5 Å². The van der Waals surface area contributed by atoms with Crippen molar-refractivity contribution in [3.05, 3.63) is 0 Å². The van der Waals surface area contributed by atoms with Crippen molar-refractivity contribution in [1.82, 2.24) is 0 Å². The molecule has 1 aliphatic rings. The summed E-state index contributed by atoms with van der Waals surface area (Å²) in [5.74, 6) is 0.638. The third kappa shape index (κ3) is 7.38. The summed E-state index contributed by atoms with van der Waals surface area (Å²) < 4.78 is 5.39. The van der Waals surface area contributed by atoms with Crippen molar-refractivity contribution in [3.8, 4) is 0 Å². The van der Waals surface area contributed by atoms with Crippen molar-refractivity contribution in [2.45, 2.75) is 83.6 Å². The highest BCUT2D eigenvalue weighted by Crippen LogP contribution is 2.19. The lowest BCUT2D eigenvalue weighted by Crippen LogP contribution is -2.30. The highest BCUT2D eigenvalue weighted by molar-refractivity contribution is 4.76. The van der Waals surface area contributed by atoms with Gasteiger partial charge in [-0.05, 0) is 18.8 Å². The number of hydrogen-bond acceptors (Lipinski definition) is 2. The number of hydrogen-bond donors (Lipinski definition) is 1. The van der Waals surface area contributed by atoms with Crippen LogP contribution in [0.1, 0.15) is 77.6 Å². The summed E-state index contributed by atoms with van der Waals surface area (Å²) in [4.78, 5) is 0. The molecule has 2 unspecified atom stereocenters. The van der Waals surface area contributed by atoms with E-state index in [1.54, 1.807) is 0 Å². The van der Waals surface area contributed by atoms with E-state index in [1.807, 2.05) is 0 Å². The zero-order valence-corrected chi connectivity index (χ0v) is 12.3. The summed E-state index contributed by atoms with van der Waals surface area (Å²) in [6.45, 7) is 4.10. The van der Waals surface area contributed by atoms with E-state index in [0.717, 1.165) is 13.2 Å². The van der Waals surface area contributed by atoms with Crippen molar-refractivity contribution >= 4 is 0 Å². The van der Waals surface area contributed by atoms with Crippen molar-refractivity contribution in [2.75, 3.05) is 13.2 Å². The molecular formula is C16H33NO. The molecule has 0 radical (unpaired) electrons. The van der Waals surface area contributed by atoms with Crippen LogP contribution in [0.2, 0.25) is 0 Å². The molecular weight excluding hydrogens is 222 g/mol. The second-order valence-electron chi connectivity index (χ2n) is 5.90. The third-order valence-corrected chi connectivity index (χ3v) is 4.21. The van der Waals surface area contributed by atoms with Crippen LogP contribution in [0.4, 0.5) is 0 Å². The molecule has 0 bridgehead atoms. The maximum atomic E-state index is 6.19. The van der Waals surface area contributed by atoms with E-state index in [1.165, 1.54) is 70.6 Å². The Bertz CT molecular complexity index is 178. The molecule has 2 atom stereocenters. The standard InChI is InChI=1S/C16H33NO/c1-2-3-4-5-6-7-8-9-10-11-16(17)15-12-13-18-14-15/h15-16H,2-14,17H2,1H3. The molecule has 0 aromatic heterocycles. The molecule has 0 saturated carbocycles. The zero-order chi connectivity index (χ0) is 13.1. The first-order valence-electron chi connectivity index (χ1n) is 8.18. The molecule has 2 N–H and O–H groups in total. The van der Waals surface area contributed by atoms with Crippen LogP contribution in [0.15, 0.2) is 0 Å². The molecule has 2 nitrogen and oxygen atoms in total. The van der Waals surface area contributed by atoms with E-state index < -0.39 is 0 Å². The molecule has 1 heterocycles. The molecule has 0 amide bonds. The van der Waals surface area contributed by atoms with Gasteiger partial charge in [0.25, 0.3) is 0 Å². The van der Waals surface area contributed by atoms with Crippen LogP contribution >= 0.6 is 0 Å². The van der Waals surface area contributed by atoms with Crippen LogP contribution in [0.25, 0.3) is 0 Å². The van der Waals surface area contributed by atoms with Gasteiger partial charge in [0, 0.05) is 12.6 Å². The Hall–Kier alpha value is -0.0800. The van der Waals surface area contributed by atoms with Gasteiger partial charge >= 0.3 is 0 Å². The van der Waals surface area contributed by atoms with Gasteiger partial charge in [-0.15, -0.1) is 0 Å². The van der Waals surface area contributed by atoms with Gasteiger partial charge in [-0.1, -0.05) is 64.7 Å². The van der Waals surface area contributed by atoms with Crippen LogP contribution < -0.4 is 5.73 Å². The fraction of sp³-hybridized carbons (Fsp3) is 1.00. The molecule has 2 heteroatoms. The Morgan fingerprint density at radius 3 is 2.17 bits per heavy atom. The van der Waals surface area contributed by atoms with Crippen molar-refractivity contribution in [3.63, 3.8) is 0 Å². The van der Waals surface area contributed by atoms with Crippen LogP contribution in [0.3, 0.4) is 0 Å². The van der Waals surface area contributed by atoms with E-state index >= 15 is 0 Å². The van der Waals surface area contributed by atoms with Crippen molar-refractivity contribution in [1.29, 1.82) is 0 Å². The Labute approximate surface area is 114 Å². The maximum absolute atomic E-state index is 6.19. The monoisotopic (exact) mass is 255 g/mol. The van der Waals surface area contributed by atoms with Gasteiger partial charge in [0.1, 0.15) is 0 Å². The van der Waals surface area contributed by atoms with Gasteiger partial charge in [0.2, 0.25) is 0 Å². The Balaban J connectivity index is 1.80. The summed E-state index contributed by atoms with van der Waals surface area (Å²) in [6.07, 6.45) is 15.0. The molecule has 108 valence electrons. The second kappa shape index (κ2) is 10.8.